The van der Waals surface area contributed by atoms with Crippen LogP contribution in [0.5, 0.6) is 0 Å². The quantitative estimate of drug-likeness (QED) is 0.500. The molecule has 0 aliphatic carbocycles. The first-order valence-electron chi connectivity index (χ1n) is 8.05. The Bertz CT molecular complexity index is 964. The van der Waals surface area contributed by atoms with Crippen LogP contribution in [0, 0.1) is 13.8 Å². The minimum absolute atomic E-state index is 0.329. The van der Waals surface area contributed by atoms with Crippen molar-refractivity contribution in [3.63, 3.8) is 0 Å². The fraction of sp³-hybridized carbons (Fsp3) is 0.150. The van der Waals surface area contributed by atoms with Crippen LogP contribution in [-0.2, 0) is 4.74 Å². The molecule has 132 valence electrons. The Morgan fingerprint density at radius 2 is 1.69 bits per heavy atom. The van der Waals surface area contributed by atoms with Crippen molar-refractivity contribution in [2.24, 2.45) is 0 Å². The molecule has 6 heteroatoms. The second-order valence-corrected chi connectivity index (χ2v) is 6.18. The molecule has 5 nitrogen and oxygen atoms in total. The molecule has 1 heterocycles. The largest absolute Gasteiger partial charge is 0.454 e. The number of para-hydroxylation sites is 1. The molecule has 0 unspecified atom stereocenters. The smallest absolute Gasteiger partial charge is 0.342 e. The number of aromatic nitrogens is 2. The van der Waals surface area contributed by atoms with Gasteiger partial charge in [0.05, 0.1) is 22.1 Å². The molecule has 0 saturated carbocycles. The van der Waals surface area contributed by atoms with Crippen LogP contribution in [0.1, 0.15) is 32.1 Å². The second kappa shape index (κ2) is 7.54. The van der Waals surface area contributed by atoms with Gasteiger partial charge in [-0.15, -0.1) is 0 Å². The van der Waals surface area contributed by atoms with Crippen molar-refractivity contribution in [1.29, 1.82) is 0 Å². The van der Waals surface area contributed by atoms with Crippen molar-refractivity contribution < 1.29 is 14.3 Å². The van der Waals surface area contributed by atoms with Gasteiger partial charge in [0, 0.05) is 5.56 Å². The molecular formula is C20H17ClN2O3. The number of benzene rings is 2. The van der Waals surface area contributed by atoms with Crippen LogP contribution in [0.2, 0.25) is 5.02 Å². The molecule has 3 rings (SSSR count). The number of carbonyl (C=O) groups excluding carboxylic acids is 2. The lowest BCUT2D eigenvalue weighted by molar-refractivity contribution is 0.0473. The first-order valence-corrected chi connectivity index (χ1v) is 8.43. The summed E-state index contributed by atoms with van der Waals surface area (Å²) in [4.78, 5) is 24.7. The Kier molecular flexibility index (Phi) is 5.19. The molecule has 0 N–H and O–H groups in total. The van der Waals surface area contributed by atoms with Gasteiger partial charge < -0.3 is 4.74 Å². The number of aryl methyl sites for hydroxylation is 1. The second-order valence-electron chi connectivity index (χ2n) is 5.77. The van der Waals surface area contributed by atoms with E-state index in [1.165, 1.54) is 0 Å². The fourth-order valence-electron chi connectivity index (χ4n) is 2.73. The van der Waals surface area contributed by atoms with E-state index in [-0.39, 0.29) is 12.4 Å². The number of carbonyl (C=O) groups is 2. The number of nitrogens with zero attached hydrogens (tertiary/aromatic N) is 2. The van der Waals surface area contributed by atoms with Gasteiger partial charge in [-0.05, 0) is 38.1 Å². The van der Waals surface area contributed by atoms with E-state index < -0.39 is 5.97 Å². The normalized spacial score (nSPS) is 10.6. The number of ether oxygens (including phenoxy) is 1. The Balaban J connectivity index is 1.78. The lowest BCUT2D eigenvalue weighted by Crippen LogP contribution is -2.15. The van der Waals surface area contributed by atoms with Crippen molar-refractivity contribution in [3.8, 4) is 5.69 Å². The van der Waals surface area contributed by atoms with Gasteiger partial charge in [0.15, 0.2) is 6.61 Å². The van der Waals surface area contributed by atoms with Gasteiger partial charge in [0.1, 0.15) is 5.56 Å². The van der Waals surface area contributed by atoms with Crippen LogP contribution < -0.4 is 0 Å². The monoisotopic (exact) mass is 368 g/mol. The molecule has 26 heavy (non-hydrogen) atoms. The molecule has 0 radical (unpaired) electrons. The van der Waals surface area contributed by atoms with Gasteiger partial charge in [-0.2, -0.15) is 5.10 Å². The zero-order chi connectivity index (χ0) is 18.7. The Hall–Kier alpha value is -2.92. The van der Waals surface area contributed by atoms with Crippen molar-refractivity contribution >= 4 is 23.4 Å². The molecule has 0 spiro atoms. The van der Waals surface area contributed by atoms with Crippen LogP contribution in [0.25, 0.3) is 5.69 Å². The third-order valence-electron chi connectivity index (χ3n) is 4.00. The number of hydrogen-bond donors (Lipinski definition) is 0. The van der Waals surface area contributed by atoms with Crippen LogP contribution in [-0.4, -0.2) is 28.1 Å². The lowest BCUT2D eigenvalue weighted by atomic mass is 10.1. The van der Waals surface area contributed by atoms with E-state index >= 15 is 0 Å². The summed E-state index contributed by atoms with van der Waals surface area (Å²) in [5, 5.41) is 4.74. The van der Waals surface area contributed by atoms with E-state index in [0.717, 1.165) is 5.69 Å². The summed E-state index contributed by atoms with van der Waals surface area (Å²) in [7, 11) is 0. The summed E-state index contributed by atoms with van der Waals surface area (Å²) >= 11 is 6.00. The number of rotatable bonds is 5. The highest BCUT2D eigenvalue weighted by atomic mass is 35.5. The van der Waals surface area contributed by atoms with Gasteiger partial charge in [0.2, 0.25) is 5.78 Å². The molecular weight excluding hydrogens is 352 g/mol. The Labute approximate surface area is 156 Å². The zero-order valence-corrected chi connectivity index (χ0v) is 15.2. The molecule has 3 aromatic rings. The van der Waals surface area contributed by atoms with E-state index in [0.29, 0.717) is 27.5 Å². The summed E-state index contributed by atoms with van der Waals surface area (Å²) in [5.41, 5.74) is 2.74. The maximum atomic E-state index is 12.5. The lowest BCUT2D eigenvalue weighted by Gasteiger charge is -2.07. The fourth-order valence-corrected chi connectivity index (χ4v) is 2.97. The number of halogens is 1. The molecule has 2 aromatic carbocycles. The first kappa shape index (κ1) is 17.9. The van der Waals surface area contributed by atoms with E-state index in [2.05, 4.69) is 5.10 Å². The molecule has 1 aromatic heterocycles. The van der Waals surface area contributed by atoms with Gasteiger partial charge in [-0.1, -0.05) is 41.9 Å². The van der Waals surface area contributed by atoms with E-state index in [4.69, 9.17) is 16.3 Å². The standard InChI is InChI=1S/C20H17ClN2O3/c1-13-19(14(2)23(22-13)15-8-4-3-5-9-15)20(25)26-12-18(24)16-10-6-7-11-17(16)21/h3-11H,12H2,1-2H3. The Morgan fingerprint density at radius 1 is 1.04 bits per heavy atom. The zero-order valence-electron chi connectivity index (χ0n) is 14.4. The number of esters is 1. The summed E-state index contributed by atoms with van der Waals surface area (Å²) in [6.07, 6.45) is 0. The van der Waals surface area contributed by atoms with Crippen molar-refractivity contribution in [2.45, 2.75) is 13.8 Å². The predicted octanol–water partition coefficient (Wildman–Crippen LogP) is 4.18. The number of Topliss-reactive ketones (excluding diaryl/α,β-unsaturated/α-hetero) is 1. The maximum Gasteiger partial charge on any atom is 0.342 e. The molecule has 0 atom stereocenters. The van der Waals surface area contributed by atoms with Crippen molar-refractivity contribution in [3.05, 3.63) is 82.1 Å². The minimum Gasteiger partial charge on any atom is -0.454 e. The SMILES string of the molecule is Cc1nn(-c2ccccc2)c(C)c1C(=O)OCC(=O)c1ccccc1Cl. The third-order valence-corrected chi connectivity index (χ3v) is 4.33. The predicted molar refractivity (Wildman–Crippen MR) is 99.1 cm³/mol. The van der Waals surface area contributed by atoms with E-state index in [9.17, 15) is 9.59 Å². The van der Waals surface area contributed by atoms with Crippen LogP contribution in [0.15, 0.2) is 54.6 Å². The van der Waals surface area contributed by atoms with Gasteiger partial charge in [-0.25, -0.2) is 9.48 Å². The molecule has 0 bridgehead atoms. The highest BCUT2D eigenvalue weighted by Crippen LogP contribution is 2.20. The summed E-state index contributed by atoms with van der Waals surface area (Å²) in [5.74, 6) is -0.933. The number of hydrogen-bond acceptors (Lipinski definition) is 4. The maximum absolute atomic E-state index is 12.5. The molecule has 0 fully saturated rings. The van der Waals surface area contributed by atoms with E-state index in [1.807, 2.05) is 30.3 Å². The summed E-state index contributed by atoms with van der Waals surface area (Å²) < 4.78 is 6.89. The first-order chi connectivity index (χ1) is 12.5. The Morgan fingerprint density at radius 3 is 2.38 bits per heavy atom. The average molecular weight is 369 g/mol. The third kappa shape index (κ3) is 3.53. The van der Waals surface area contributed by atoms with Crippen LogP contribution in [0.4, 0.5) is 0 Å². The summed E-state index contributed by atoms with van der Waals surface area (Å²) in [6, 6.07) is 16.2. The minimum atomic E-state index is -0.581. The van der Waals surface area contributed by atoms with Gasteiger partial charge in [0.25, 0.3) is 0 Å². The average Bonchev–Trinajstić information content (AvgIpc) is 2.95. The highest BCUT2D eigenvalue weighted by Gasteiger charge is 2.22. The van der Waals surface area contributed by atoms with Gasteiger partial charge in [-0.3, -0.25) is 4.79 Å². The highest BCUT2D eigenvalue weighted by molar-refractivity contribution is 6.34. The molecule has 0 saturated heterocycles. The van der Waals surface area contributed by atoms with Crippen LogP contribution in [0.3, 0.4) is 0 Å². The van der Waals surface area contributed by atoms with Crippen molar-refractivity contribution in [2.75, 3.05) is 6.61 Å². The molecule has 0 amide bonds. The summed E-state index contributed by atoms with van der Waals surface area (Å²) in [6.45, 7) is 3.15. The van der Waals surface area contributed by atoms with Crippen LogP contribution >= 0.6 is 11.6 Å². The van der Waals surface area contributed by atoms with Gasteiger partial charge >= 0.3 is 5.97 Å². The molecule has 0 aliphatic heterocycles. The number of ketones is 1. The topological polar surface area (TPSA) is 61.2 Å². The molecule has 0 aliphatic rings. The van der Waals surface area contributed by atoms with Crippen molar-refractivity contribution in [1.82, 2.24) is 9.78 Å². The van der Waals surface area contributed by atoms with E-state index in [1.54, 1.807) is 42.8 Å².